The maximum Gasteiger partial charge on any atom is 0.259 e. The molecule has 5 nitrogen and oxygen atoms in total. The Kier molecular flexibility index (Phi) is 5.80. The van der Waals surface area contributed by atoms with E-state index in [9.17, 15) is 9.90 Å². The summed E-state index contributed by atoms with van der Waals surface area (Å²) in [5, 5.41) is 16.8. The number of phenols is 1. The molecule has 22 heavy (non-hydrogen) atoms. The van der Waals surface area contributed by atoms with Crippen molar-refractivity contribution in [3.63, 3.8) is 0 Å². The number of aromatic hydroxyl groups is 1. The van der Waals surface area contributed by atoms with E-state index in [1.54, 1.807) is 12.1 Å². The number of nitrogens with zero attached hydrogens (tertiary/aromatic N) is 1. The van der Waals surface area contributed by atoms with Gasteiger partial charge in [-0.25, -0.2) is 5.43 Å². The van der Waals surface area contributed by atoms with E-state index in [1.165, 1.54) is 12.3 Å². The largest absolute Gasteiger partial charge is 0.507 e. The summed E-state index contributed by atoms with van der Waals surface area (Å²) in [5.74, 6) is -0.268. The molecule has 0 aliphatic heterocycles. The molecule has 1 amide bonds. The van der Waals surface area contributed by atoms with Crippen LogP contribution >= 0.6 is 27.5 Å². The molecule has 2 aromatic carbocycles. The Bertz CT molecular complexity index is 690. The summed E-state index contributed by atoms with van der Waals surface area (Å²) in [6, 6.07) is 12.0. The molecule has 0 aromatic heterocycles. The van der Waals surface area contributed by atoms with E-state index >= 15 is 0 Å². The fraction of sp³-hybridized carbons (Fsp3) is 0.0667. The number of phenolic OH excluding ortho intramolecular Hbond substituents is 1. The highest BCUT2D eigenvalue weighted by Crippen LogP contribution is 2.19. The molecule has 0 bridgehead atoms. The first-order valence-electron chi connectivity index (χ1n) is 6.34. The van der Waals surface area contributed by atoms with Gasteiger partial charge in [-0.15, -0.1) is 0 Å². The van der Waals surface area contributed by atoms with Gasteiger partial charge < -0.3 is 10.4 Å². The fourth-order valence-corrected chi connectivity index (χ4v) is 2.04. The van der Waals surface area contributed by atoms with E-state index in [0.29, 0.717) is 10.6 Å². The summed E-state index contributed by atoms with van der Waals surface area (Å²) in [5.41, 5.74) is 3.62. The molecule has 0 aliphatic rings. The molecule has 7 heteroatoms. The Morgan fingerprint density at radius 1 is 1.27 bits per heavy atom. The van der Waals surface area contributed by atoms with Crippen LogP contribution in [0.5, 0.6) is 5.75 Å². The Hall–Kier alpha value is -2.05. The zero-order valence-electron chi connectivity index (χ0n) is 11.4. The van der Waals surface area contributed by atoms with Crippen molar-refractivity contribution in [2.24, 2.45) is 5.10 Å². The van der Waals surface area contributed by atoms with E-state index in [4.69, 9.17) is 11.6 Å². The zero-order valence-corrected chi connectivity index (χ0v) is 13.7. The van der Waals surface area contributed by atoms with Gasteiger partial charge in [0.25, 0.3) is 5.91 Å². The lowest BCUT2D eigenvalue weighted by Crippen LogP contribution is -2.25. The lowest BCUT2D eigenvalue weighted by Gasteiger charge is -2.05. The molecule has 2 aromatic rings. The third-order valence-corrected chi connectivity index (χ3v) is 3.44. The average Bonchev–Trinajstić information content (AvgIpc) is 2.50. The number of benzene rings is 2. The van der Waals surface area contributed by atoms with Crippen LogP contribution in [0.2, 0.25) is 5.02 Å². The summed E-state index contributed by atoms with van der Waals surface area (Å²) in [4.78, 5) is 11.6. The molecule has 0 heterocycles. The predicted molar refractivity (Wildman–Crippen MR) is 91.5 cm³/mol. The Morgan fingerprint density at radius 3 is 2.73 bits per heavy atom. The van der Waals surface area contributed by atoms with E-state index in [0.717, 1.165) is 10.2 Å². The number of hydrogen-bond acceptors (Lipinski definition) is 4. The van der Waals surface area contributed by atoms with Gasteiger partial charge in [-0.1, -0.05) is 27.5 Å². The Labute approximate surface area is 141 Å². The van der Waals surface area contributed by atoms with Crippen molar-refractivity contribution in [1.82, 2.24) is 5.43 Å². The van der Waals surface area contributed by atoms with Crippen LogP contribution in [0.1, 0.15) is 5.56 Å². The van der Waals surface area contributed by atoms with E-state index in [-0.39, 0.29) is 18.2 Å². The number of anilines is 1. The van der Waals surface area contributed by atoms with E-state index in [2.05, 4.69) is 31.8 Å². The number of rotatable bonds is 5. The summed E-state index contributed by atoms with van der Waals surface area (Å²) in [6.07, 6.45) is 1.33. The molecule has 0 unspecified atom stereocenters. The number of amides is 1. The first-order valence-corrected chi connectivity index (χ1v) is 7.51. The minimum absolute atomic E-state index is 0.0374. The lowest BCUT2D eigenvalue weighted by atomic mass is 10.2. The summed E-state index contributed by atoms with van der Waals surface area (Å²) in [6.45, 7) is 0.0838. The molecule has 0 saturated carbocycles. The number of carbonyl (C=O) groups is 1. The highest BCUT2D eigenvalue weighted by molar-refractivity contribution is 9.10. The van der Waals surface area contributed by atoms with Gasteiger partial charge in [0.05, 0.1) is 12.8 Å². The second kappa shape index (κ2) is 7.82. The van der Waals surface area contributed by atoms with Crippen LogP contribution in [0.3, 0.4) is 0 Å². The van der Waals surface area contributed by atoms with Gasteiger partial charge in [-0.3, -0.25) is 4.79 Å². The highest BCUT2D eigenvalue weighted by atomic mass is 79.9. The standard InChI is InChI=1S/C15H13BrClN3O2/c16-11-1-4-13(5-2-11)18-9-15(22)20-19-8-10-7-12(17)3-6-14(10)21/h1-8,18,21H,9H2,(H,20,22). The second-order valence-corrected chi connectivity index (χ2v) is 5.71. The van der Waals surface area contributed by atoms with Crippen molar-refractivity contribution in [1.29, 1.82) is 0 Å². The van der Waals surface area contributed by atoms with Gasteiger partial charge in [-0.2, -0.15) is 5.10 Å². The molecule has 0 radical (unpaired) electrons. The molecular weight excluding hydrogens is 370 g/mol. The molecule has 0 saturated heterocycles. The van der Waals surface area contributed by atoms with Gasteiger partial charge in [0, 0.05) is 20.7 Å². The average molecular weight is 383 g/mol. The number of hydrogen-bond donors (Lipinski definition) is 3. The van der Waals surface area contributed by atoms with Crippen molar-refractivity contribution in [2.75, 3.05) is 11.9 Å². The maximum absolute atomic E-state index is 11.6. The number of nitrogens with one attached hydrogen (secondary N) is 2. The van der Waals surface area contributed by atoms with Gasteiger partial charge in [-0.05, 0) is 42.5 Å². The lowest BCUT2D eigenvalue weighted by molar-refractivity contribution is -0.119. The minimum atomic E-state index is -0.305. The normalized spacial score (nSPS) is 10.6. The third-order valence-electron chi connectivity index (χ3n) is 2.68. The van der Waals surface area contributed by atoms with Gasteiger partial charge in [0.2, 0.25) is 0 Å². The molecule has 0 atom stereocenters. The minimum Gasteiger partial charge on any atom is -0.507 e. The number of halogens is 2. The van der Waals surface area contributed by atoms with Crippen LogP contribution in [-0.4, -0.2) is 23.8 Å². The fourth-order valence-electron chi connectivity index (χ4n) is 1.59. The second-order valence-electron chi connectivity index (χ2n) is 4.36. The first kappa shape index (κ1) is 16.3. The van der Waals surface area contributed by atoms with E-state index in [1.807, 2.05) is 24.3 Å². The molecule has 0 aliphatic carbocycles. The van der Waals surface area contributed by atoms with Crippen LogP contribution in [-0.2, 0) is 4.79 Å². The predicted octanol–water partition coefficient (Wildman–Crippen LogP) is 3.37. The van der Waals surface area contributed by atoms with Gasteiger partial charge >= 0.3 is 0 Å². The summed E-state index contributed by atoms with van der Waals surface area (Å²) < 4.78 is 0.966. The Balaban J connectivity index is 1.83. The number of hydrazone groups is 1. The maximum atomic E-state index is 11.6. The van der Waals surface area contributed by atoms with Crippen molar-refractivity contribution in [3.05, 3.63) is 57.5 Å². The van der Waals surface area contributed by atoms with Crippen LogP contribution in [0.15, 0.2) is 52.0 Å². The molecular formula is C15H13BrClN3O2. The zero-order chi connectivity index (χ0) is 15.9. The topological polar surface area (TPSA) is 73.7 Å². The molecule has 0 spiro atoms. The molecule has 2 rings (SSSR count). The van der Waals surface area contributed by atoms with Crippen LogP contribution < -0.4 is 10.7 Å². The molecule has 0 fully saturated rings. The summed E-state index contributed by atoms with van der Waals surface area (Å²) >= 11 is 9.15. The molecule has 114 valence electrons. The Morgan fingerprint density at radius 2 is 2.00 bits per heavy atom. The van der Waals surface area contributed by atoms with Gasteiger partial charge in [0.1, 0.15) is 5.75 Å². The summed E-state index contributed by atoms with van der Waals surface area (Å²) in [7, 11) is 0. The van der Waals surface area contributed by atoms with Crippen molar-refractivity contribution < 1.29 is 9.90 Å². The smallest absolute Gasteiger partial charge is 0.259 e. The highest BCUT2D eigenvalue weighted by Gasteiger charge is 2.01. The first-order chi connectivity index (χ1) is 10.5. The van der Waals surface area contributed by atoms with Crippen molar-refractivity contribution in [2.45, 2.75) is 0 Å². The SMILES string of the molecule is O=C(CNc1ccc(Br)cc1)NN=Cc1cc(Cl)ccc1O. The van der Waals surface area contributed by atoms with E-state index < -0.39 is 0 Å². The quantitative estimate of drug-likeness (QED) is 0.548. The van der Waals surface area contributed by atoms with Crippen LogP contribution in [0, 0.1) is 0 Å². The van der Waals surface area contributed by atoms with Crippen molar-refractivity contribution in [3.8, 4) is 5.75 Å². The number of carbonyl (C=O) groups excluding carboxylic acids is 1. The van der Waals surface area contributed by atoms with Crippen LogP contribution in [0.25, 0.3) is 0 Å². The van der Waals surface area contributed by atoms with Gasteiger partial charge in [0.15, 0.2) is 0 Å². The van der Waals surface area contributed by atoms with Crippen LogP contribution in [0.4, 0.5) is 5.69 Å². The monoisotopic (exact) mass is 381 g/mol. The molecule has 3 N–H and O–H groups in total. The van der Waals surface area contributed by atoms with Crippen molar-refractivity contribution >= 4 is 45.3 Å². The third kappa shape index (κ3) is 5.05.